The predicted molar refractivity (Wildman–Crippen MR) is 166 cm³/mol. The van der Waals surface area contributed by atoms with Gasteiger partial charge in [-0.3, -0.25) is 22.8 Å². The largest absolute Gasteiger partial charge is 0.772 e. The Morgan fingerprint density at radius 1 is 0.804 bits per heavy atom. The summed E-state index contributed by atoms with van der Waals surface area (Å²) in [5.41, 5.74) is -0.361. The Kier molecular flexibility index (Phi) is 13.5. The molecule has 1 heterocycles. The van der Waals surface area contributed by atoms with Crippen LogP contribution in [0.5, 0.6) is 0 Å². The maximum atomic E-state index is 13.1. The van der Waals surface area contributed by atoms with Gasteiger partial charge in [-0.05, 0) is 18.6 Å². The molecule has 0 aliphatic carbocycles. The maximum absolute atomic E-state index is 13.1. The molecule has 3 aromatic rings. The lowest BCUT2D eigenvalue weighted by atomic mass is 10.1. The number of aromatic nitrogens is 3. The molecular formula is C25H31N9O9S3-2. The topological polar surface area (TPSA) is 268 Å². The van der Waals surface area contributed by atoms with E-state index in [0.717, 1.165) is 11.1 Å². The van der Waals surface area contributed by atoms with Gasteiger partial charge < -0.3 is 30.0 Å². The van der Waals surface area contributed by atoms with Crippen molar-refractivity contribution < 1.29 is 40.3 Å². The Bertz CT molecular complexity index is 1740. The van der Waals surface area contributed by atoms with Gasteiger partial charge in [-0.2, -0.15) is 0 Å². The van der Waals surface area contributed by atoms with Crippen molar-refractivity contribution in [2.75, 3.05) is 57.5 Å². The Balaban J connectivity index is 1.71. The molecule has 250 valence electrons. The van der Waals surface area contributed by atoms with Gasteiger partial charge in [0, 0.05) is 80.3 Å². The molecule has 46 heavy (non-hydrogen) atoms. The summed E-state index contributed by atoms with van der Waals surface area (Å²) in [6.07, 6.45) is 0.0522. The molecule has 0 aliphatic rings. The first kappa shape index (κ1) is 36.5. The van der Waals surface area contributed by atoms with E-state index in [1.54, 1.807) is 18.2 Å². The van der Waals surface area contributed by atoms with Crippen molar-refractivity contribution in [2.45, 2.75) is 11.3 Å². The van der Waals surface area contributed by atoms with Crippen LogP contribution in [0.4, 0.5) is 5.69 Å². The van der Waals surface area contributed by atoms with E-state index < -0.39 is 67.3 Å². The molecule has 0 saturated heterocycles. The zero-order valence-corrected chi connectivity index (χ0v) is 27.1. The van der Waals surface area contributed by atoms with Crippen LogP contribution in [0, 0.1) is 0 Å². The van der Waals surface area contributed by atoms with Crippen molar-refractivity contribution in [3.8, 4) is 0 Å². The number of hydrogen-bond acceptors (Lipinski definition) is 13. The number of nitrogens with one attached hydrogen (secondary N) is 5. The van der Waals surface area contributed by atoms with Crippen LogP contribution in [-0.2, 0) is 32.4 Å². The van der Waals surface area contributed by atoms with E-state index in [0.29, 0.717) is 5.39 Å². The highest BCUT2D eigenvalue weighted by atomic mass is 32.2. The zero-order chi connectivity index (χ0) is 33.9. The summed E-state index contributed by atoms with van der Waals surface area (Å²) in [5, 5.41) is 15.6. The monoisotopic (exact) mass is 697 g/mol. The van der Waals surface area contributed by atoms with E-state index in [1.165, 1.54) is 6.07 Å². The smallest absolute Gasteiger partial charge is 0.291 e. The minimum absolute atomic E-state index is 0.0424. The molecule has 0 spiro atoms. The summed E-state index contributed by atoms with van der Waals surface area (Å²) >= 11 is -4.89. The molecule has 0 saturated carbocycles. The summed E-state index contributed by atoms with van der Waals surface area (Å²) < 4.78 is 73.4. The number of hydrogen-bond donors (Lipinski definition) is 5. The maximum Gasteiger partial charge on any atom is 0.291 e. The molecule has 5 N–H and O–H groups in total. The summed E-state index contributed by atoms with van der Waals surface area (Å²) in [5.74, 6) is -3.68. The van der Waals surface area contributed by atoms with Crippen LogP contribution in [0.1, 0.15) is 38.0 Å². The van der Waals surface area contributed by atoms with E-state index in [2.05, 4.69) is 35.9 Å². The number of rotatable bonds is 17. The molecule has 2 atom stereocenters. The number of carbonyl (C=O) groups excluding carboxylic acids is 3. The van der Waals surface area contributed by atoms with Crippen molar-refractivity contribution in [2.24, 2.45) is 0 Å². The van der Waals surface area contributed by atoms with E-state index in [-0.39, 0.29) is 49.8 Å². The lowest BCUT2D eigenvalue weighted by Crippen LogP contribution is -2.38. The molecule has 0 bridgehead atoms. The Morgan fingerprint density at radius 3 is 2.13 bits per heavy atom. The van der Waals surface area contributed by atoms with Gasteiger partial charge in [-0.25, -0.2) is 22.8 Å². The van der Waals surface area contributed by atoms with Gasteiger partial charge in [0.15, 0.2) is 11.4 Å². The number of carbonyl (C=O) groups is 3. The molecule has 3 rings (SSSR count). The molecule has 2 unspecified atom stereocenters. The summed E-state index contributed by atoms with van der Waals surface area (Å²) in [6, 6.07) is 10.2. The number of nitrogens with zero attached hydrogens (tertiary/aromatic N) is 4. The second-order valence-corrected chi connectivity index (χ2v) is 13.0. The first-order valence-corrected chi connectivity index (χ1v) is 17.3. The molecule has 3 amide bonds. The van der Waals surface area contributed by atoms with Gasteiger partial charge in [0.1, 0.15) is 0 Å². The first-order chi connectivity index (χ1) is 21.8. The third-order valence-corrected chi connectivity index (χ3v) is 8.64. The average molecular weight is 698 g/mol. The van der Waals surface area contributed by atoms with E-state index in [9.17, 15) is 40.3 Å². The van der Waals surface area contributed by atoms with Crippen molar-refractivity contribution in [3.63, 3.8) is 0 Å². The van der Waals surface area contributed by atoms with Crippen molar-refractivity contribution in [3.05, 3.63) is 53.6 Å². The normalized spacial score (nSPS) is 12.7. The third-order valence-electron chi connectivity index (χ3n) is 6.06. The Labute approximate surface area is 269 Å². The summed E-state index contributed by atoms with van der Waals surface area (Å²) in [7, 11) is -0.330. The molecule has 0 aliphatic heterocycles. The van der Waals surface area contributed by atoms with Crippen LogP contribution in [0.15, 0.2) is 41.3 Å². The molecule has 0 fully saturated rings. The second-order valence-electron chi connectivity index (χ2n) is 9.51. The molecule has 1 aromatic heterocycles. The van der Waals surface area contributed by atoms with Gasteiger partial charge in [0.05, 0.1) is 4.90 Å². The van der Waals surface area contributed by atoms with Gasteiger partial charge in [-0.1, -0.05) is 35.3 Å². The third kappa shape index (κ3) is 10.3. The van der Waals surface area contributed by atoms with E-state index in [1.807, 2.05) is 35.9 Å². The van der Waals surface area contributed by atoms with Crippen molar-refractivity contribution in [1.82, 2.24) is 40.6 Å². The fourth-order valence-corrected chi connectivity index (χ4v) is 5.91. The van der Waals surface area contributed by atoms with Crippen LogP contribution in [0.3, 0.4) is 0 Å². The Morgan fingerprint density at radius 2 is 1.43 bits per heavy atom. The summed E-state index contributed by atoms with van der Waals surface area (Å²) in [4.78, 5) is 43.9. The number of anilines is 1. The van der Waals surface area contributed by atoms with Crippen molar-refractivity contribution >= 4 is 66.6 Å². The Hall–Kier alpha value is -3.99. The highest BCUT2D eigenvalue weighted by Gasteiger charge is 2.25. The molecule has 2 aromatic carbocycles. The average Bonchev–Trinajstić information content (AvgIpc) is 3.01. The first-order valence-electron chi connectivity index (χ1n) is 13.5. The van der Waals surface area contributed by atoms with Crippen LogP contribution in [-0.4, -0.2) is 111 Å². The highest BCUT2D eigenvalue weighted by Crippen LogP contribution is 2.30. The standard InChI is InChI=1S/C25H33N9O9S3/c1-34(2)18-8-3-7-17-16(18)6-4-9-19(17)46(42,43)30-14-12-27-24(36)21-20(23(35)26-10-5-15-44(38)39)31-22(33-32-21)25(37)28-11-13-29-45(40)41/h3-4,6-9,29-30H,5,10-15H2,1-2H3,(H,26,35)(H,27,36)(H,28,37)(H,38,39)(H,40,41)/p-2. The minimum atomic E-state index is -4.01. The van der Waals surface area contributed by atoms with E-state index >= 15 is 0 Å². The van der Waals surface area contributed by atoms with Gasteiger partial charge in [0.25, 0.3) is 17.7 Å². The molecular weight excluding hydrogens is 667 g/mol. The van der Waals surface area contributed by atoms with Crippen molar-refractivity contribution in [1.29, 1.82) is 0 Å². The fourth-order valence-electron chi connectivity index (χ4n) is 4.01. The van der Waals surface area contributed by atoms with Gasteiger partial charge in [-0.15, -0.1) is 10.2 Å². The van der Waals surface area contributed by atoms with Crippen LogP contribution in [0.2, 0.25) is 0 Å². The molecule has 21 heteroatoms. The fraction of sp³-hybridized carbons (Fsp3) is 0.360. The molecule has 18 nitrogen and oxygen atoms in total. The minimum Gasteiger partial charge on any atom is -0.772 e. The van der Waals surface area contributed by atoms with E-state index in [4.69, 9.17) is 0 Å². The number of sulfonamides is 1. The number of amides is 3. The van der Waals surface area contributed by atoms with Crippen LogP contribution in [0.25, 0.3) is 10.8 Å². The highest BCUT2D eigenvalue weighted by molar-refractivity contribution is 7.89. The number of fused-ring (bicyclic) bond motifs is 1. The predicted octanol–water partition coefficient (Wildman–Crippen LogP) is -2.09. The van der Waals surface area contributed by atoms with Gasteiger partial charge >= 0.3 is 0 Å². The quantitative estimate of drug-likeness (QED) is 0.0749. The molecule has 0 radical (unpaired) electrons. The second kappa shape index (κ2) is 17.1. The summed E-state index contributed by atoms with van der Waals surface area (Å²) in [6.45, 7) is -0.887. The van der Waals surface area contributed by atoms with Gasteiger partial charge in [0.2, 0.25) is 15.8 Å². The SMILES string of the molecule is CN(C)c1cccc2c(S(=O)(=O)NCCNC(=O)c3nnc(C(=O)NCCNS(=O)[O-])nc3C(=O)NCCCS(=O)[O-])cccc12. The zero-order valence-electron chi connectivity index (χ0n) is 24.6. The van der Waals surface area contributed by atoms with Crippen LogP contribution >= 0.6 is 0 Å². The lowest BCUT2D eigenvalue weighted by Gasteiger charge is -2.17. The number of benzene rings is 2. The lowest BCUT2D eigenvalue weighted by molar-refractivity contribution is 0.0903. The van der Waals surface area contributed by atoms with Crippen LogP contribution < -0.4 is 30.3 Å².